The number of nitrogens with one attached hydrogen (secondary N) is 2. The zero-order valence-corrected chi connectivity index (χ0v) is 22.8. The maximum Gasteiger partial charge on any atom is 0.242 e. The highest BCUT2D eigenvalue weighted by molar-refractivity contribution is 8.00. The zero-order chi connectivity index (χ0) is 27.0. The minimum atomic E-state index is -3.63. The fraction of sp³-hybridized carbons (Fsp3) is 0.481. The Balaban J connectivity index is 1.47. The molecule has 1 aliphatic carbocycles. The lowest BCUT2D eigenvalue weighted by atomic mass is 9.80. The number of amides is 2. The Morgan fingerprint density at radius 3 is 2.55 bits per heavy atom. The van der Waals surface area contributed by atoms with Crippen molar-refractivity contribution in [3.63, 3.8) is 0 Å². The molecule has 1 saturated carbocycles. The van der Waals surface area contributed by atoms with Crippen LogP contribution < -0.4 is 10.6 Å². The molecule has 1 aromatic heterocycles. The molecule has 0 spiro atoms. The van der Waals surface area contributed by atoms with Gasteiger partial charge in [0.05, 0.1) is 22.4 Å². The molecule has 2 aromatic rings. The first-order chi connectivity index (χ1) is 18.4. The van der Waals surface area contributed by atoms with Gasteiger partial charge in [-0.3, -0.25) is 14.6 Å². The number of benzene rings is 1. The lowest BCUT2D eigenvalue weighted by Crippen LogP contribution is -2.47. The highest BCUT2D eigenvalue weighted by Crippen LogP contribution is 2.37. The largest absolute Gasteiger partial charge is 0.343 e. The SMILES string of the molecule is N#CCNC(=O)[C@@H]1CCCC[C@H]1CS(=O)(=O)c1ccc(SC(C(=O)N2CCNCC2)c2ccccn2)cc1. The lowest BCUT2D eigenvalue weighted by Gasteiger charge is -2.30. The molecule has 9 nitrogen and oxygen atoms in total. The first-order valence-corrected chi connectivity index (χ1v) is 15.5. The summed E-state index contributed by atoms with van der Waals surface area (Å²) >= 11 is 1.36. The van der Waals surface area contributed by atoms with E-state index in [1.807, 2.05) is 29.2 Å². The number of piperazine rings is 1. The van der Waals surface area contributed by atoms with Crippen LogP contribution in [0.4, 0.5) is 0 Å². The zero-order valence-electron chi connectivity index (χ0n) is 21.2. The second-order valence-electron chi connectivity index (χ2n) is 9.61. The van der Waals surface area contributed by atoms with Crippen LogP contribution in [0.1, 0.15) is 36.6 Å². The third-order valence-electron chi connectivity index (χ3n) is 7.07. The van der Waals surface area contributed by atoms with Crippen molar-refractivity contribution in [2.45, 2.75) is 40.7 Å². The summed E-state index contributed by atoms with van der Waals surface area (Å²) in [6, 6.07) is 14.0. The quantitative estimate of drug-likeness (QED) is 0.356. The molecular weight excluding hydrogens is 522 g/mol. The van der Waals surface area contributed by atoms with E-state index in [1.54, 1.807) is 30.5 Å². The van der Waals surface area contributed by atoms with Gasteiger partial charge < -0.3 is 15.5 Å². The van der Waals surface area contributed by atoms with Crippen molar-refractivity contribution in [1.29, 1.82) is 5.26 Å². The second kappa shape index (κ2) is 13.2. The van der Waals surface area contributed by atoms with Crippen LogP contribution in [0.5, 0.6) is 0 Å². The predicted molar refractivity (Wildman–Crippen MR) is 145 cm³/mol. The molecule has 3 atom stereocenters. The van der Waals surface area contributed by atoms with E-state index < -0.39 is 21.0 Å². The number of thioether (sulfide) groups is 1. The first-order valence-electron chi connectivity index (χ1n) is 12.9. The van der Waals surface area contributed by atoms with E-state index >= 15 is 0 Å². The summed E-state index contributed by atoms with van der Waals surface area (Å²) in [6.45, 7) is 2.69. The minimum Gasteiger partial charge on any atom is -0.343 e. The summed E-state index contributed by atoms with van der Waals surface area (Å²) in [4.78, 5) is 33.2. The summed E-state index contributed by atoms with van der Waals surface area (Å²) in [5, 5.41) is 14.1. The van der Waals surface area contributed by atoms with Crippen LogP contribution >= 0.6 is 11.8 Å². The smallest absolute Gasteiger partial charge is 0.242 e. The van der Waals surface area contributed by atoms with E-state index in [0.717, 1.165) is 30.8 Å². The van der Waals surface area contributed by atoms with E-state index in [2.05, 4.69) is 15.6 Å². The number of hydrogen-bond donors (Lipinski definition) is 2. The van der Waals surface area contributed by atoms with E-state index in [0.29, 0.717) is 31.6 Å². The molecule has 0 radical (unpaired) electrons. The normalized spacial score (nSPS) is 20.8. The van der Waals surface area contributed by atoms with Gasteiger partial charge in [0.2, 0.25) is 11.8 Å². The van der Waals surface area contributed by atoms with Crippen LogP contribution in [-0.4, -0.2) is 68.6 Å². The summed E-state index contributed by atoms with van der Waals surface area (Å²) in [7, 11) is -3.63. The third kappa shape index (κ3) is 7.12. The first kappa shape index (κ1) is 28.1. The Labute approximate surface area is 228 Å². The van der Waals surface area contributed by atoms with Gasteiger partial charge in [0.1, 0.15) is 11.8 Å². The van der Waals surface area contributed by atoms with Crippen molar-refractivity contribution in [2.75, 3.05) is 38.5 Å². The predicted octanol–water partition coefficient (Wildman–Crippen LogP) is 2.57. The van der Waals surface area contributed by atoms with Gasteiger partial charge in [-0.05, 0) is 55.2 Å². The average molecular weight is 556 g/mol. The van der Waals surface area contributed by atoms with Crippen LogP contribution in [0.2, 0.25) is 0 Å². The van der Waals surface area contributed by atoms with Gasteiger partial charge in [-0.25, -0.2) is 8.42 Å². The van der Waals surface area contributed by atoms with Gasteiger partial charge >= 0.3 is 0 Å². The van der Waals surface area contributed by atoms with Crippen molar-refractivity contribution in [1.82, 2.24) is 20.5 Å². The highest BCUT2D eigenvalue weighted by Gasteiger charge is 2.35. The number of pyridine rings is 1. The Bertz CT molecular complexity index is 1240. The van der Waals surface area contributed by atoms with E-state index in [-0.39, 0.29) is 34.9 Å². The molecule has 0 bridgehead atoms. The molecule has 1 saturated heterocycles. The monoisotopic (exact) mass is 555 g/mol. The number of aromatic nitrogens is 1. The fourth-order valence-electron chi connectivity index (χ4n) is 5.07. The molecular formula is C27H33N5O4S2. The Hall–Kier alpha value is -2.94. The molecule has 11 heteroatoms. The molecule has 1 aromatic carbocycles. The topological polar surface area (TPSA) is 132 Å². The molecule has 202 valence electrons. The van der Waals surface area contributed by atoms with Crippen LogP contribution in [0.3, 0.4) is 0 Å². The van der Waals surface area contributed by atoms with Crippen LogP contribution in [0, 0.1) is 23.2 Å². The number of nitriles is 1. The molecule has 38 heavy (non-hydrogen) atoms. The molecule has 4 rings (SSSR count). The number of carbonyl (C=O) groups excluding carboxylic acids is 2. The van der Waals surface area contributed by atoms with Crippen molar-refractivity contribution in [3.8, 4) is 6.07 Å². The van der Waals surface area contributed by atoms with E-state index in [4.69, 9.17) is 5.26 Å². The summed E-state index contributed by atoms with van der Waals surface area (Å²) < 4.78 is 26.6. The maximum atomic E-state index is 13.4. The number of carbonyl (C=O) groups is 2. The van der Waals surface area contributed by atoms with Gasteiger partial charge in [-0.1, -0.05) is 18.9 Å². The standard InChI is InChI=1S/C27H33N5O4S2/c28-12-14-31-26(33)23-6-2-1-5-20(23)19-38(35,36)22-10-8-21(9-11-22)37-25(24-7-3-4-13-30-24)27(34)32-17-15-29-16-18-32/h3-4,7-11,13,20,23,25,29H,1-2,5-6,14-19H2,(H,31,33)/t20-,23+,25?/m0/s1. The number of nitrogens with zero attached hydrogens (tertiary/aromatic N) is 3. The van der Waals surface area contributed by atoms with Crippen molar-refractivity contribution in [2.24, 2.45) is 11.8 Å². The van der Waals surface area contributed by atoms with Gasteiger partial charge in [0.25, 0.3) is 0 Å². The summed E-state index contributed by atoms with van der Waals surface area (Å²) in [5.41, 5.74) is 0.663. The Morgan fingerprint density at radius 1 is 1.13 bits per heavy atom. The van der Waals surface area contributed by atoms with E-state index in [1.165, 1.54) is 11.8 Å². The van der Waals surface area contributed by atoms with Crippen molar-refractivity contribution >= 4 is 33.4 Å². The molecule has 2 fully saturated rings. The average Bonchev–Trinajstić information content (AvgIpc) is 2.95. The number of hydrogen-bond acceptors (Lipinski definition) is 8. The van der Waals surface area contributed by atoms with Gasteiger partial charge in [-0.15, -0.1) is 11.8 Å². The van der Waals surface area contributed by atoms with Gasteiger partial charge in [0.15, 0.2) is 9.84 Å². The Kier molecular flexibility index (Phi) is 9.77. The molecule has 1 unspecified atom stereocenters. The highest BCUT2D eigenvalue weighted by atomic mass is 32.2. The maximum absolute atomic E-state index is 13.4. The molecule has 2 aliphatic rings. The van der Waals surface area contributed by atoms with Gasteiger partial charge in [-0.2, -0.15) is 5.26 Å². The summed E-state index contributed by atoms with van der Waals surface area (Å²) in [6.07, 6.45) is 4.72. The van der Waals surface area contributed by atoms with Crippen LogP contribution in [-0.2, 0) is 19.4 Å². The number of rotatable bonds is 9. The van der Waals surface area contributed by atoms with E-state index in [9.17, 15) is 18.0 Å². The fourth-order valence-corrected chi connectivity index (χ4v) is 7.85. The van der Waals surface area contributed by atoms with Crippen LogP contribution in [0.25, 0.3) is 0 Å². The number of sulfone groups is 1. The van der Waals surface area contributed by atoms with Gasteiger partial charge in [0, 0.05) is 43.2 Å². The van der Waals surface area contributed by atoms with Crippen LogP contribution in [0.15, 0.2) is 58.5 Å². The second-order valence-corrected chi connectivity index (χ2v) is 12.8. The Morgan fingerprint density at radius 2 is 1.87 bits per heavy atom. The minimum absolute atomic E-state index is 0.00934. The third-order valence-corrected chi connectivity index (χ3v) is 10.1. The van der Waals surface area contributed by atoms with Crippen molar-refractivity contribution < 1.29 is 18.0 Å². The molecule has 1 aliphatic heterocycles. The van der Waals surface area contributed by atoms with Crippen molar-refractivity contribution in [3.05, 3.63) is 54.4 Å². The molecule has 2 amide bonds. The molecule has 2 heterocycles. The lowest BCUT2D eigenvalue weighted by molar-refractivity contribution is -0.131. The molecule has 2 N–H and O–H groups in total. The summed E-state index contributed by atoms with van der Waals surface area (Å²) in [5.74, 6) is -1.05.